The largest absolute Gasteiger partial charge is 0.389 e. The van der Waals surface area contributed by atoms with E-state index in [0.717, 1.165) is 23.0 Å². The number of amides is 1. The molecule has 0 fully saturated rings. The van der Waals surface area contributed by atoms with E-state index < -0.39 is 23.8 Å². The molecule has 37 heavy (non-hydrogen) atoms. The number of aryl methyl sites for hydroxylation is 1. The van der Waals surface area contributed by atoms with Gasteiger partial charge >= 0.3 is 0 Å². The van der Waals surface area contributed by atoms with Gasteiger partial charge in [-0.2, -0.15) is 5.10 Å². The molecule has 2 atom stereocenters. The van der Waals surface area contributed by atoms with Gasteiger partial charge in [-0.3, -0.25) is 9.48 Å². The van der Waals surface area contributed by atoms with Gasteiger partial charge in [0, 0.05) is 55.9 Å². The van der Waals surface area contributed by atoms with Crippen LogP contribution in [0.5, 0.6) is 0 Å². The van der Waals surface area contributed by atoms with Gasteiger partial charge in [0.15, 0.2) is 0 Å². The molecule has 0 aliphatic heterocycles. The van der Waals surface area contributed by atoms with Crippen LogP contribution in [-0.2, 0) is 22.6 Å². The first-order valence-corrected chi connectivity index (χ1v) is 12.1. The van der Waals surface area contributed by atoms with E-state index in [0.29, 0.717) is 26.1 Å². The van der Waals surface area contributed by atoms with Crippen molar-refractivity contribution in [2.45, 2.75) is 31.7 Å². The molecule has 1 amide bonds. The monoisotopic (exact) mass is 512 g/mol. The molecular weight excluding hydrogens is 482 g/mol. The molecule has 4 rings (SSSR count). The number of aliphatic hydroxyl groups excluding tert-OH is 1. The van der Waals surface area contributed by atoms with Crippen LogP contribution in [0.4, 0.5) is 8.78 Å². The lowest BCUT2D eigenvalue weighted by molar-refractivity contribution is -0.121. The molecule has 3 N–H and O–H groups in total. The van der Waals surface area contributed by atoms with E-state index in [1.165, 1.54) is 23.4 Å². The van der Waals surface area contributed by atoms with Gasteiger partial charge in [-0.05, 0) is 23.6 Å². The lowest BCUT2D eigenvalue weighted by atomic mass is 10.1. The number of ether oxygens (including phenoxy) is 1. The molecule has 9 nitrogen and oxygen atoms in total. The Bertz CT molecular complexity index is 1280. The summed E-state index contributed by atoms with van der Waals surface area (Å²) in [5.74, 6) is -1.48. The topological polar surface area (TPSA) is 106 Å². The van der Waals surface area contributed by atoms with E-state index in [4.69, 9.17) is 4.74 Å². The number of carbonyl (C=O) groups is 1. The quantitative estimate of drug-likeness (QED) is 0.224. The maximum atomic E-state index is 14.3. The van der Waals surface area contributed by atoms with Gasteiger partial charge in [0.05, 0.1) is 19.3 Å². The fourth-order valence-electron chi connectivity index (χ4n) is 3.99. The highest BCUT2D eigenvalue weighted by Crippen LogP contribution is 2.23. The molecule has 2 heterocycles. The number of nitrogens with one attached hydrogen (secondary N) is 2. The Morgan fingerprint density at radius 2 is 2.00 bits per heavy atom. The van der Waals surface area contributed by atoms with Crippen LogP contribution >= 0.6 is 0 Å². The number of fused-ring (bicyclic) bond motifs is 1. The van der Waals surface area contributed by atoms with Gasteiger partial charge in [0.25, 0.3) is 0 Å². The summed E-state index contributed by atoms with van der Waals surface area (Å²) >= 11 is 0. The number of para-hydroxylation sites is 1. The number of benzene rings is 2. The number of halogens is 2. The van der Waals surface area contributed by atoms with Gasteiger partial charge in [-0.15, -0.1) is 0 Å². The molecule has 0 saturated heterocycles. The van der Waals surface area contributed by atoms with Gasteiger partial charge in [0.1, 0.15) is 30.4 Å². The van der Waals surface area contributed by atoms with Crippen molar-refractivity contribution in [1.29, 1.82) is 0 Å². The van der Waals surface area contributed by atoms with E-state index in [1.54, 1.807) is 0 Å². The van der Waals surface area contributed by atoms with Crippen LogP contribution < -0.4 is 10.6 Å². The zero-order chi connectivity index (χ0) is 26.0. The first-order valence-electron chi connectivity index (χ1n) is 12.1. The zero-order valence-corrected chi connectivity index (χ0v) is 20.3. The van der Waals surface area contributed by atoms with Crippen molar-refractivity contribution in [3.05, 3.63) is 84.6 Å². The van der Waals surface area contributed by atoms with Crippen molar-refractivity contribution in [3.63, 3.8) is 0 Å². The van der Waals surface area contributed by atoms with E-state index in [2.05, 4.69) is 25.3 Å². The van der Waals surface area contributed by atoms with Crippen molar-refractivity contribution >= 4 is 16.8 Å². The number of aliphatic hydroxyl groups is 1. The van der Waals surface area contributed by atoms with Crippen LogP contribution in [0.15, 0.2) is 67.4 Å². The molecule has 0 aliphatic carbocycles. The standard InChI is InChI=1S/C26H30F2N6O3/c27-20-5-6-22(23(28)13-20)25(15-34-18-30-17-32-34)37-16-21(35)14-29-9-10-31-26(36)8-12-33-11-7-19-3-1-2-4-24(19)33/h1-7,11,13,17-18,21,25,29,35H,8-10,12,14-16H2,(H,31,36). The Morgan fingerprint density at radius 1 is 1.14 bits per heavy atom. The van der Waals surface area contributed by atoms with Crippen LogP contribution in [0.3, 0.4) is 0 Å². The van der Waals surface area contributed by atoms with Crippen molar-refractivity contribution in [2.24, 2.45) is 0 Å². The minimum Gasteiger partial charge on any atom is -0.389 e. The summed E-state index contributed by atoms with van der Waals surface area (Å²) in [5, 5.41) is 21.4. The summed E-state index contributed by atoms with van der Waals surface area (Å²) in [6, 6.07) is 13.3. The summed E-state index contributed by atoms with van der Waals surface area (Å²) in [4.78, 5) is 16.0. The molecule has 196 valence electrons. The number of nitrogens with zero attached hydrogens (tertiary/aromatic N) is 4. The molecule has 2 unspecified atom stereocenters. The normalized spacial score (nSPS) is 13.1. The molecule has 0 radical (unpaired) electrons. The highest BCUT2D eigenvalue weighted by Gasteiger charge is 2.20. The fraction of sp³-hybridized carbons (Fsp3) is 0.346. The number of aromatic nitrogens is 4. The molecule has 2 aromatic heterocycles. The molecule has 11 heteroatoms. The fourth-order valence-corrected chi connectivity index (χ4v) is 3.99. The van der Waals surface area contributed by atoms with Gasteiger partial charge in [0.2, 0.25) is 5.91 Å². The second-order valence-corrected chi connectivity index (χ2v) is 8.63. The number of carbonyl (C=O) groups excluding carboxylic acids is 1. The van der Waals surface area contributed by atoms with Crippen molar-refractivity contribution in [3.8, 4) is 0 Å². The smallest absolute Gasteiger partial charge is 0.221 e. The summed E-state index contributed by atoms with van der Waals surface area (Å²) < 4.78 is 37.0. The second kappa shape index (κ2) is 13.0. The third-order valence-electron chi connectivity index (χ3n) is 5.88. The van der Waals surface area contributed by atoms with Crippen molar-refractivity contribution in [2.75, 3.05) is 26.2 Å². The lowest BCUT2D eigenvalue weighted by Crippen LogP contribution is -2.37. The Balaban J connectivity index is 1.15. The Kier molecular flexibility index (Phi) is 9.30. The number of rotatable bonds is 14. The SMILES string of the molecule is O=C(CCn1ccc2ccccc21)NCCNCC(O)COC(Cn1cncn1)c1ccc(F)cc1F. The first kappa shape index (κ1) is 26.4. The predicted molar refractivity (Wildman–Crippen MR) is 134 cm³/mol. The van der Waals surface area contributed by atoms with Gasteiger partial charge in [-0.25, -0.2) is 13.8 Å². The van der Waals surface area contributed by atoms with Crippen molar-refractivity contribution < 1.29 is 23.4 Å². The summed E-state index contributed by atoms with van der Waals surface area (Å²) in [6.07, 6.45) is 3.47. The highest BCUT2D eigenvalue weighted by atomic mass is 19.1. The maximum Gasteiger partial charge on any atom is 0.221 e. The molecule has 0 saturated carbocycles. The molecule has 0 bridgehead atoms. The van der Waals surface area contributed by atoms with Gasteiger partial charge in [-0.1, -0.05) is 24.3 Å². The van der Waals surface area contributed by atoms with Crippen LogP contribution in [0.2, 0.25) is 0 Å². The third kappa shape index (κ3) is 7.66. The van der Waals surface area contributed by atoms with E-state index in [1.807, 2.05) is 36.5 Å². The van der Waals surface area contributed by atoms with Crippen LogP contribution in [-0.4, -0.2) is 62.7 Å². The Morgan fingerprint density at radius 3 is 2.81 bits per heavy atom. The molecule has 0 spiro atoms. The van der Waals surface area contributed by atoms with Crippen LogP contribution in [0.25, 0.3) is 10.9 Å². The summed E-state index contributed by atoms with van der Waals surface area (Å²) in [7, 11) is 0. The van der Waals surface area contributed by atoms with E-state index >= 15 is 0 Å². The molecule has 4 aromatic rings. The van der Waals surface area contributed by atoms with E-state index in [9.17, 15) is 18.7 Å². The van der Waals surface area contributed by atoms with E-state index in [-0.39, 0.29) is 31.2 Å². The summed E-state index contributed by atoms with van der Waals surface area (Å²) in [5.41, 5.74) is 1.26. The molecule has 0 aliphatic rings. The van der Waals surface area contributed by atoms with Crippen LogP contribution in [0, 0.1) is 11.6 Å². The minimum absolute atomic E-state index is 0.0549. The predicted octanol–water partition coefficient (Wildman–Crippen LogP) is 2.43. The molecular formula is C26H30F2N6O3. The lowest BCUT2D eigenvalue weighted by Gasteiger charge is -2.21. The molecule has 2 aromatic carbocycles. The van der Waals surface area contributed by atoms with Gasteiger partial charge < -0.3 is 25.0 Å². The average molecular weight is 513 g/mol. The van der Waals surface area contributed by atoms with Crippen molar-refractivity contribution in [1.82, 2.24) is 30.0 Å². The second-order valence-electron chi connectivity index (χ2n) is 8.63. The summed E-state index contributed by atoms with van der Waals surface area (Å²) in [6.45, 7) is 1.74. The minimum atomic E-state index is -0.875. The third-order valence-corrected chi connectivity index (χ3v) is 5.88. The Hall–Kier alpha value is -3.67. The highest BCUT2D eigenvalue weighted by molar-refractivity contribution is 5.80. The Labute approximate surface area is 213 Å². The average Bonchev–Trinajstić information content (AvgIpc) is 3.55. The zero-order valence-electron chi connectivity index (χ0n) is 20.3. The number of hydrogen-bond acceptors (Lipinski definition) is 6. The first-order chi connectivity index (χ1) is 18.0. The maximum absolute atomic E-state index is 14.3. The van der Waals surface area contributed by atoms with Crippen LogP contribution in [0.1, 0.15) is 18.1 Å². The number of hydrogen-bond donors (Lipinski definition) is 3.